The Morgan fingerprint density at radius 1 is 1.41 bits per heavy atom. The van der Waals surface area contributed by atoms with E-state index in [2.05, 4.69) is 18.8 Å². The molecule has 2 atom stereocenters. The number of rotatable bonds is 0. The van der Waals surface area contributed by atoms with Gasteiger partial charge in [-0.05, 0) is 29.7 Å². The second-order valence-electron chi connectivity index (χ2n) is 5.58. The van der Waals surface area contributed by atoms with Crippen molar-refractivity contribution in [3.05, 3.63) is 27.0 Å². The molecule has 0 radical (unpaired) electrons. The van der Waals surface area contributed by atoms with E-state index >= 15 is 0 Å². The van der Waals surface area contributed by atoms with Crippen molar-refractivity contribution >= 4 is 23.2 Å². The first-order valence-electron chi connectivity index (χ1n) is 5.74. The molecule has 17 heavy (non-hydrogen) atoms. The minimum Gasteiger partial charge on any atom is -0.239 e. The summed E-state index contributed by atoms with van der Waals surface area (Å²) in [7, 11) is 0. The number of nitrogens with zero attached hydrogens (tertiary/aromatic N) is 2. The van der Waals surface area contributed by atoms with Crippen molar-refractivity contribution in [1.29, 1.82) is 5.26 Å². The Balaban J connectivity index is 2.22. The summed E-state index contributed by atoms with van der Waals surface area (Å²) in [6.07, 6.45) is 2.10. The Bertz CT molecular complexity index is 558. The molecule has 0 spiro atoms. The molecule has 1 fully saturated rings. The Labute approximate surface area is 111 Å². The summed E-state index contributed by atoms with van der Waals surface area (Å²) >= 11 is 12.3. The first-order valence-corrected chi connectivity index (χ1v) is 6.50. The van der Waals surface area contributed by atoms with Crippen molar-refractivity contribution in [2.75, 3.05) is 0 Å². The van der Waals surface area contributed by atoms with E-state index in [4.69, 9.17) is 28.5 Å². The minimum absolute atomic E-state index is 0.248. The van der Waals surface area contributed by atoms with Crippen molar-refractivity contribution < 1.29 is 0 Å². The van der Waals surface area contributed by atoms with Crippen LogP contribution in [-0.4, -0.2) is 4.98 Å². The summed E-state index contributed by atoms with van der Waals surface area (Å²) in [5.74, 6) is 1.10. The fraction of sp³-hybridized carbons (Fsp3) is 0.538. The van der Waals surface area contributed by atoms with E-state index in [1.165, 1.54) is 6.42 Å². The summed E-state index contributed by atoms with van der Waals surface area (Å²) in [5.41, 5.74) is 2.69. The predicted octanol–water partition coefficient (Wildman–Crippen LogP) is 3.95. The van der Waals surface area contributed by atoms with Crippen LogP contribution in [0.3, 0.4) is 0 Å². The minimum atomic E-state index is 0.248. The third-order valence-electron chi connectivity index (χ3n) is 4.58. The van der Waals surface area contributed by atoms with Gasteiger partial charge in [-0.15, -0.1) is 0 Å². The van der Waals surface area contributed by atoms with Gasteiger partial charge in [0, 0.05) is 5.92 Å². The fourth-order valence-electron chi connectivity index (χ4n) is 3.23. The molecule has 4 heteroatoms. The normalized spacial score (nSPS) is 27.9. The monoisotopic (exact) mass is 266 g/mol. The highest BCUT2D eigenvalue weighted by Gasteiger charge is 2.54. The van der Waals surface area contributed by atoms with Gasteiger partial charge in [0.15, 0.2) is 0 Å². The Morgan fingerprint density at radius 3 is 2.71 bits per heavy atom. The van der Waals surface area contributed by atoms with E-state index in [0.717, 1.165) is 17.7 Å². The lowest BCUT2D eigenvalue weighted by molar-refractivity contribution is 0.0155. The van der Waals surface area contributed by atoms with Gasteiger partial charge < -0.3 is 0 Å². The van der Waals surface area contributed by atoms with Gasteiger partial charge in [0.05, 0.1) is 10.7 Å². The Hall–Kier alpha value is -0.780. The highest BCUT2D eigenvalue weighted by atomic mass is 35.5. The highest BCUT2D eigenvalue weighted by molar-refractivity contribution is 6.36. The van der Waals surface area contributed by atoms with Crippen LogP contribution in [0.15, 0.2) is 0 Å². The lowest BCUT2D eigenvalue weighted by Crippen LogP contribution is -2.48. The van der Waals surface area contributed by atoms with Gasteiger partial charge in [0.2, 0.25) is 0 Å². The molecule has 2 nitrogen and oxygen atoms in total. The zero-order valence-corrected chi connectivity index (χ0v) is 11.2. The SMILES string of the molecule is CC1(C)[C@H]2Cc3c(nc(Cl)c(C#N)c3Cl)[C@@H]1C2. The number of hydrogen-bond donors (Lipinski definition) is 0. The molecule has 1 saturated carbocycles. The zero-order valence-electron chi connectivity index (χ0n) is 9.72. The maximum absolute atomic E-state index is 9.02. The summed E-state index contributed by atoms with van der Waals surface area (Å²) in [4.78, 5) is 4.42. The quantitative estimate of drug-likeness (QED) is 0.667. The van der Waals surface area contributed by atoms with Crippen LogP contribution in [0.1, 0.15) is 43.0 Å². The molecule has 0 N–H and O–H groups in total. The van der Waals surface area contributed by atoms with Gasteiger partial charge in [-0.1, -0.05) is 37.0 Å². The third kappa shape index (κ3) is 1.30. The highest BCUT2D eigenvalue weighted by Crippen LogP contribution is 2.62. The standard InChI is InChI=1S/C13H12Cl2N2/c1-13(2)6-3-7-10(14)8(5-16)12(15)17-11(7)9(13)4-6/h6,9H,3-4H2,1-2H3/t6-,9-/m0/s1. The van der Waals surface area contributed by atoms with Crippen LogP contribution < -0.4 is 0 Å². The first kappa shape index (κ1) is 11.3. The molecule has 3 aliphatic rings. The molecule has 2 bridgehead atoms. The maximum atomic E-state index is 9.02. The van der Waals surface area contributed by atoms with Crippen molar-refractivity contribution in [1.82, 2.24) is 4.98 Å². The molecule has 1 heterocycles. The first-order chi connectivity index (χ1) is 7.96. The van der Waals surface area contributed by atoms with Crippen LogP contribution in [0.4, 0.5) is 0 Å². The molecular weight excluding hydrogens is 255 g/mol. The second kappa shape index (κ2) is 3.37. The molecule has 88 valence electrons. The number of aromatic nitrogens is 1. The molecule has 0 amide bonds. The topological polar surface area (TPSA) is 36.7 Å². The Morgan fingerprint density at radius 2 is 2.12 bits per heavy atom. The van der Waals surface area contributed by atoms with Gasteiger partial charge in [-0.2, -0.15) is 5.26 Å². The summed E-state index contributed by atoms with van der Waals surface area (Å²) in [6.45, 7) is 4.55. The summed E-state index contributed by atoms with van der Waals surface area (Å²) < 4.78 is 0. The lowest BCUT2D eigenvalue weighted by Gasteiger charge is -2.56. The molecular formula is C13H12Cl2N2. The van der Waals surface area contributed by atoms with E-state index < -0.39 is 0 Å². The Kier molecular flexibility index (Phi) is 2.24. The van der Waals surface area contributed by atoms with Crippen LogP contribution in [0.25, 0.3) is 0 Å². The second-order valence-corrected chi connectivity index (χ2v) is 6.31. The van der Waals surface area contributed by atoms with E-state index in [9.17, 15) is 0 Å². The van der Waals surface area contributed by atoms with Crippen molar-refractivity contribution in [3.63, 3.8) is 0 Å². The van der Waals surface area contributed by atoms with Gasteiger partial charge in [-0.25, -0.2) is 4.98 Å². The van der Waals surface area contributed by atoms with E-state index in [1.807, 2.05) is 6.07 Å². The van der Waals surface area contributed by atoms with E-state index in [0.29, 0.717) is 27.8 Å². The van der Waals surface area contributed by atoms with Gasteiger partial charge in [-0.3, -0.25) is 0 Å². The average molecular weight is 267 g/mol. The van der Waals surface area contributed by atoms with Gasteiger partial charge in [0.25, 0.3) is 0 Å². The largest absolute Gasteiger partial charge is 0.239 e. The van der Waals surface area contributed by atoms with Crippen LogP contribution in [0.5, 0.6) is 0 Å². The van der Waals surface area contributed by atoms with Gasteiger partial charge in [0.1, 0.15) is 16.8 Å². The molecule has 0 aromatic carbocycles. The molecule has 0 saturated heterocycles. The van der Waals surface area contributed by atoms with E-state index in [-0.39, 0.29) is 5.15 Å². The predicted molar refractivity (Wildman–Crippen MR) is 67.3 cm³/mol. The molecule has 4 rings (SSSR count). The summed E-state index contributed by atoms with van der Waals surface area (Å²) in [6, 6.07) is 2.04. The average Bonchev–Trinajstić information content (AvgIpc) is 2.28. The molecule has 3 aliphatic carbocycles. The van der Waals surface area contributed by atoms with Crippen molar-refractivity contribution in [2.45, 2.75) is 32.6 Å². The number of nitriles is 1. The van der Waals surface area contributed by atoms with Crippen LogP contribution >= 0.6 is 23.2 Å². The van der Waals surface area contributed by atoms with Crippen LogP contribution in [0, 0.1) is 22.7 Å². The fourth-order valence-corrected chi connectivity index (χ4v) is 3.82. The van der Waals surface area contributed by atoms with Crippen LogP contribution in [-0.2, 0) is 6.42 Å². The zero-order chi connectivity index (χ0) is 12.4. The number of hydrogen-bond acceptors (Lipinski definition) is 2. The van der Waals surface area contributed by atoms with Crippen LogP contribution in [0.2, 0.25) is 10.2 Å². The lowest BCUT2D eigenvalue weighted by atomic mass is 9.48. The molecule has 0 aliphatic heterocycles. The van der Waals surface area contributed by atoms with Gasteiger partial charge >= 0.3 is 0 Å². The summed E-state index contributed by atoms with van der Waals surface area (Å²) in [5, 5.41) is 9.79. The number of halogens is 2. The third-order valence-corrected chi connectivity index (χ3v) is 5.27. The molecule has 1 aromatic heterocycles. The number of pyridine rings is 1. The maximum Gasteiger partial charge on any atom is 0.148 e. The molecule has 1 aromatic rings. The smallest absolute Gasteiger partial charge is 0.148 e. The van der Waals surface area contributed by atoms with E-state index in [1.54, 1.807) is 0 Å². The van der Waals surface area contributed by atoms with Crippen molar-refractivity contribution in [3.8, 4) is 6.07 Å². The molecule has 0 unspecified atom stereocenters. The van der Waals surface area contributed by atoms with Crippen molar-refractivity contribution in [2.24, 2.45) is 11.3 Å².